The van der Waals surface area contributed by atoms with Gasteiger partial charge in [0.15, 0.2) is 0 Å². The van der Waals surface area contributed by atoms with Crippen molar-refractivity contribution in [3.63, 3.8) is 0 Å². The zero-order valence-corrected chi connectivity index (χ0v) is 7.93. The van der Waals surface area contributed by atoms with Gasteiger partial charge in [-0.3, -0.25) is 0 Å². The van der Waals surface area contributed by atoms with Gasteiger partial charge in [-0.05, 0) is 25.5 Å². The molecular formula is C8H16O2S. The standard InChI is InChI=1S/C8H16O2S/c1-3-7(9)8-10-6(2)4-5-11-8/h6-9H,3-5H2,1-2H3/t6-,7-,8-/m1/s1. The van der Waals surface area contributed by atoms with Crippen molar-refractivity contribution in [1.29, 1.82) is 0 Å². The summed E-state index contributed by atoms with van der Waals surface area (Å²) in [7, 11) is 0. The number of aliphatic hydroxyl groups is 1. The number of rotatable bonds is 2. The molecule has 66 valence electrons. The molecule has 11 heavy (non-hydrogen) atoms. The Morgan fingerprint density at radius 1 is 1.73 bits per heavy atom. The van der Waals surface area contributed by atoms with Crippen molar-refractivity contribution in [3.05, 3.63) is 0 Å². The Balaban J connectivity index is 2.33. The second-order valence-electron chi connectivity index (χ2n) is 2.95. The van der Waals surface area contributed by atoms with E-state index in [2.05, 4.69) is 6.92 Å². The lowest BCUT2D eigenvalue weighted by molar-refractivity contribution is -0.0302. The molecule has 3 atom stereocenters. The fraction of sp³-hybridized carbons (Fsp3) is 1.00. The Kier molecular flexibility index (Phi) is 3.69. The van der Waals surface area contributed by atoms with Crippen molar-refractivity contribution >= 4 is 11.8 Å². The second kappa shape index (κ2) is 4.33. The average Bonchev–Trinajstić information content (AvgIpc) is 2.03. The molecule has 1 fully saturated rings. The summed E-state index contributed by atoms with van der Waals surface area (Å²) >= 11 is 1.73. The van der Waals surface area contributed by atoms with Crippen LogP contribution in [-0.2, 0) is 4.74 Å². The van der Waals surface area contributed by atoms with Gasteiger partial charge in [-0.15, -0.1) is 11.8 Å². The van der Waals surface area contributed by atoms with Crippen LogP contribution >= 0.6 is 11.8 Å². The first-order valence-electron chi connectivity index (χ1n) is 4.19. The van der Waals surface area contributed by atoms with E-state index in [-0.39, 0.29) is 11.5 Å². The van der Waals surface area contributed by atoms with E-state index >= 15 is 0 Å². The number of ether oxygens (including phenoxy) is 1. The Bertz CT molecular complexity index is 119. The molecule has 0 aliphatic carbocycles. The first kappa shape index (κ1) is 9.36. The van der Waals surface area contributed by atoms with Crippen LogP contribution in [0.4, 0.5) is 0 Å². The molecule has 0 aromatic carbocycles. The van der Waals surface area contributed by atoms with Gasteiger partial charge < -0.3 is 9.84 Å². The molecule has 0 amide bonds. The first-order valence-corrected chi connectivity index (χ1v) is 5.24. The molecule has 0 spiro atoms. The maximum absolute atomic E-state index is 9.45. The molecule has 0 aromatic rings. The van der Waals surface area contributed by atoms with Crippen LogP contribution < -0.4 is 0 Å². The van der Waals surface area contributed by atoms with E-state index in [0.29, 0.717) is 6.10 Å². The summed E-state index contributed by atoms with van der Waals surface area (Å²) in [5.41, 5.74) is 0.0174. The molecule has 0 radical (unpaired) electrons. The maximum atomic E-state index is 9.45. The number of hydrogen-bond acceptors (Lipinski definition) is 3. The van der Waals surface area contributed by atoms with Gasteiger partial charge in [0.25, 0.3) is 0 Å². The van der Waals surface area contributed by atoms with Crippen LogP contribution in [0.2, 0.25) is 0 Å². The van der Waals surface area contributed by atoms with Crippen LogP contribution in [0, 0.1) is 0 Å². The minimum atomic E-state index is -0.289. The highest BCUT2D eigenvalue weighted by molar-refractivity contribution is 7.99. The van der Waals surface area contributed by atoms with E-state index < -0.39 is 0 Å². The lowest BCUT2D eigenvalue weighted by atomic mass is 10.2. The largest absolute Gasteiger partial charge is 0.390 e. The van der Waals surface area contributed by atoms with Gasteiger partial charge in [-0.2, -0.15) is 0 Å². The number of aliphatic hydroxyl groups excluding tert-OH is 1. The molecule has 1 aliphatic heterocycles. The van der Waals surface area contributed by atoms with E-state index in [4.69, 9.17) is 4.74 Å². The lowest BCUT2D eigenvalue weighted by Crippen LogP contribution is -2.33. The highest BCUT2D eigenvalue weighted by atomic mass is 32.2. The van der Waals surface area contributed by atoms with Crippen molar-refractivity contribution in [2.45, 2.75) is 44.3 Å². The van der Waals surface area contributed by atoms with Gasteiger partial charge in [0.05, 0.1) is 12.2 Å². The number of thioether (sulfide) groups is 1. The van der Waals surface area contributed by atoms with Gasteiger partial charge >= 0.3 is 0 Å². The summed E-state index contributed by atoms with van der Waals surface area (Å²) in [4.78, 5) is 0. The minimum Gasteiger partial charge on any atom is -0.390 e. The minimum absolute atomic E-state index is 0.0174. The first-order chi connectivity index (χ1) is 5.24. The molecule has 2 nitrogen and oxygen atoms in total. The molecule has 0 aromatic heterocycles. The van der Waals surface area contributed by atoms with Crippen molar-refractivity contribution in [2.24, 2.45) is 0 Å². The van der Waals surface area contributed by atoms with Crippen LogP contribution in [-0.4, -0.2) is 28.5 Å². The van der Waals surface area contributed by atoms with Crippen LogP contribution in [0.1, 0.15) is 26.7 Å². The van der Waals surface area contributed by atoms with Crippen LogP contribution in [0.5, 0.6) is 0 Å². The predicted molar refractivity (Wildman–Crippen MR) is 47.7 cm³/mol. The highest BCUT2D eigenvalue weighted by Crippen LogP contribution is 2.27. The van der Waals surface area contributed by atoms with Crippen molar-refractivity contribution < 1.29 is 9.84 Å². The smallest absolute Gasteiger partial charge is 0.129 e. The van der Waals surface area contributed by atoms with E-state index in [0.717, 1.165) is 18.6 Å². The summed E-state index contributed by atoms with van der Waals surface area (Å²) in [6, 6.07) is 0. The third kappa shape index (κ3) is 2.65. The van der Waals surface area contributed by atoms with Crippen molar-refractivity contribution in [2.75, 3.05) is 5.75 Å². The van der Waals surface area contributed by atoms with Gasteiger partial charge in [-0.25, -0.2) is 0 Å². The third-order valence-corrected chi connectivity index (χ3v) is 3.13. The Morgan fingerprint density at radius 3 is 3.00 bits per heavy atom. The predicted octanol–water partition coefficient (Wildman–Crippen LogP) is 1.63. The number of hydrogen-bond donors (Lipinski definition) is 1. The molecule has 3 heteroatoms. The molecular weight excluding hydrogens is 160 g/mol. The van der Waals surface area contributed by atoms with Crippen molar-refractivity contribution in [1.82, 2.24) is 0 Å². The quantitative estimate of drug-likeness (QED) is 0.693. The Labute approximate surface area is 72.3 Å². The van der Waals surface area contributed by atoms with E-state index in [1.54, 1.807) is 11.8 Å². The van der Waals surface area contributed by atoms with Gasteiger partial charge in [0, 0.05) is 0 Å². The molecule has 1 rings (SSSR count). The van der Waals surface area contributed by atoms with E-state index in [1.807, 2.05) is 6.92 Å². The van der Waals surface area contributed by atoms with Gasteiger partial charge in [0.1, 0.15) is 5.44 Å². The van der Waals surface area contributed by atoms with E-state index in [9.17, 15) is 5.11 Å². The fourth-order valence-electron chi connectivity index (χ4n) is 1.08. The molecule has 0 unspecified atom stereocenters. The molecule has 1 heterocycles. The van der Waals surface area contributed by atoms with E-state index in [1.165, 1.54) is 0 Å². The molecule has 0 saturated carbocycles. The van der Waals surface area contributed by atoms with Crippen LogP contribution in [0.3, 0.4) is 0 Å². The molecule has 1 N–H and O–H groups in total. The SMILES string of the molecule is CC[C@@H](O)[C@@H]1O[C@H](C)CCS1. The van der Waals surface area contributed by atoms with Crippen LogP contribution in [0.15, 0.2) is 0 Å². The lowest BCUT2D eigenvalue weighted by Gasteiger charge is -2.30. The molecule has 0 bridgehead atoms. The second-order valence-corrected chi connectivity index (χ2v) is 4.16. The van der Waals surface area contributed by atoms with Crippen LogP contribution in [0.25, 0.3) is 0 Å². The summed E-state index contributed by atoms with van der Waals surface area (Å²) < 4.78 is 5.55. The summed E-state index contributed by atoms with van der Waals surface area (Å²) in [5, 5.41) is 9.45. The Hall–Kier alpha value is 0.270. The summed E-state index contributed by atoms with van der Waals surface area (Å²) in [5.74, 6) is 1.11. The monoisotopic (exact) mass is 176 g/mol. The Morgan fingerprint density at radius 2 is 2.45 bits per heavy atom. The fourth-order valence-corrected chi connectivity index (χ4v) is 2.46. The zero-order valence-electron chi connectivity index (χ0n) is 7.12. The summed E-state index contributed by atoms with van der Waals surface area (Å²) in [6.45, 7) is 4.04. The summed E-state index contributed by atoms with van der Waals surface area (Å²) in [6.07, 6.45) is 1.92. The normalized spacial score (nSPS) is 35.2. The zero-order chi connectivity index (χ0) is 8.27. The third-order valence-electron chi connectivity index (χ3n) is 1.91. The highest BCUT2D eigenvalue weighted by Gasteiger charge is 2.24. The van der Waals surface area contributed by atoms with Gasteiger partial charge in [-0.1, -0.05) is 6.92 Å². The van der Waals surface area contributed by atoms with Gasteiger partial charge in [0.2, 0.25) is 0 Å². The topological polar surface area (TPSA) is 29.5 Å². The molecule has 1 aliphatic rings. The maximum Gasteiger partial charge on any atom is 0.129 e. The molecule has 1 saturated heterocycles. The van der Waals surface area contributed by atoms with Crippen molar-refractivity contribution in [3.8, 4) is 0 Å². The average molecular weight is 176 g/mol.